The molecule has 2 aliphatic heterocycles. The number of carbonyl (C=O) groups excluding carboxylic acids is 3. The minimum Gasteiger partial charge on any atom is -0.342 e. The molecule has 0 spiro atoms. The normalized spacial score (nSPS) is 26.9. The maximum Gasteiger partial charge on any atom is 0.319 e. The van der Waals surface area contributed by atoms with Crippen LogP contribution < -0.4 is 16.0 Å². The van der Waals surface area contributed by atoms with Gasteiger partial charge in [0.2, 0.25) is 11.8 Å². The van der Waals surface area contributed by atoms with Gasteiger partial charge >= 0.3 is 6.03 Å². The van der Waals surface area contributed by atoms with Crippen molar-refractivity contribution in [2.75, 3.05) is 11.9 Å². The number of halogens is 2. The largest absolute Gasteiger partial charge is 0.342 e. The molecular formula is C21H26Cl2N4O3. The SMILES string of the molecule is O=C(Nc1ccc(Cl)cc1Cl)N[C@H]1C[C@H]2C(=O)N[C@@H](CC3CCCCC3)C(=O)N2C1. The fourth-order valence-corrected chi connectivity index (χ4v) is 5.27. The molecule has 3 atom stereocenters. The summed E-state index contributed by atoms with van der Waals surface area (Å²) in [7, 11) is 0. The molecule has 0 aromatic heterocycles. The summed E-state index contributed by atoms with van der Waals surface area (Å²) in [5.41, 5.74) is 0.440. The van der Waals surface area contributed by atoms with Crippen molar-refractivity contribution in [2.24, 2.45) is 5.92 Å². The molecule has 4 amide bonds. The molecule has 3 aliphatic rings. The van der Waals surface area contributed by atoms with Gasteiger partial charge in [-0.05, 0) is 37.0 Å². The maximum atomic E-state index is 13.0. The Kier molecular flexibility index (Phi) is 6.39. The zero-order chi connectivity index (χ0) is 21.3. The summed E-state index contributed by atoms with van der Waals surface area (Å²) in [4.78, 5) is 39.6. The van der Waals surface area contributed by atoms with E-state index in [9.17, 15) is 14.4 Å². The van der Waals surface area contributed by atoms with Gasteiger partial charge in [-0.1, -0.05) is 55.3 Å². The standard InChI is InChI=1S/C21H26Cl2N4O3/c22-13-6-7-16(15(23)9-13)26-21(30)24-14-10-18-19(28)25-17(20(29)27(18)11-14)8-12-4-2-1-3-5-12/h6-7,9,12,14,17-18H,1-5,8,10-11H2,(H,25,28)(H2,24,26,30)/t14-,17-,18-/m0/s1. The molecular weight excluding hydrogens is 427 g/mol. The predicted molar refractivity (Wildman–Crippen MR) is 116 cm³/mol. The van der Waals surface area contributed by atoms with Gasteiger partial charge in [-0.2, -0.15) is 0 Å². The molecule has 2 heterocycles. The van der Waals surface area contributed by atoms with Crippen LogP contribution in [0.4, 0.5) is 10.5 Å². The quantitative estimate of drug-likeness (QED) is 0.651. The number of anilines is 1. The van der Waals surface area contributed by atoms with Gasteiger partial charge in [0.25, 0.3) is 0 Å². The van der Waals surface area contributed by atoms with Crippen molar-refractivity contribution in [3.63, 3.8) is 0 Å². The van der Waals surface area contributed by atoms with Crippen LogP contribution in [-0.4, -0.2) is 47.4 Å². The Bertz CT molecular complexity index is 844. The minimum absolute atomic E-state index is 0.0318. The van der Waals surface area contributed by atoms with Gasteiger partial charge in [0, 0.05) is 11.6 Å². The number of benzene rings is 1. The lowest BCUT2D eigenvalue weighted by Gasteiger charge is -2.36. The van der Waals surface area contributed by atoms with Gasteiger partial charge in [0.05, 0.1) is 16.8 Å². The van der Waals surface area contributed by atoms with Crippen molar-refractivity contribution in [2.45, 2.75) is 63.1 Å². The molecule has 2 saturated heterocycles. The third-order valence-corrected chi connectivity index (χ3v) is 6.86. The number of rotatable bonds is 4. The first-order valence-electron chi connectivity index (χ1n) is 10.5. The molecule has 4 rings (SSSR count). The second-order valence-electron chi connectivity index (χ2n) is 8.46. The molecule has 0 unspecified atom stereocenters. The number of carbonyl (C=O) groups is 3. The summed E-state index contributed by atoms with van der Waals surface area (Å²) < 4.78 is 0. The molecule has 30 heavy (non-hydrogen) atoms. The number of urea groups is 1. The molecule has 3 N–H and O–H groups in total. The van der Waals surface area contributed by atoms with E-state index in [4.69, 9.17) is 23.2 Å². The van der Waals surface area contributed by atoms with E-state index in [1.807, 2.05) is 0 Å². The van der Waals surface area contributed by atoms with E-state index in [-0.39, 0.29) is 17.9 Å². The van der Waals surface area contributed by atoms with Crippen molar-refractivity contribution in [1.29, 1.82) is 0 Å². The fraction of sp³-hybridized carbons (Fsp3) is 0.571. The molecule has 1 aromatic carbocycles. The summed E-state index contributed by atoms with van der Waals surface area (Å²) in [5, 5.41) is 9.27. The van der Waals surface area contributed by atoms with Crippen molar-refractivity contribution >= 4 is 46.7 Å². The first-order valence-corrected chi connectivity index (χ1v) is 11.3. The zero-order valence-electron chi connectivity index (χ0n) is 16.6. The average Bonchev–Trinajstić information content (AvgIpc) is 3.13. The van der Waals surface area contributed by atoms with Crippen LogP contribution in [-0.2, 0) is 9.59 Å². The summed E-state index contributed by atoms with van der Waals surface area (Å²) in [6.07, 6.45) is 7.01. The molecule has 0 radical (unpaired) electrons. The minimum atomic E-state index is -0.524. The van der Waals surface area contributed by atoms with E-state index in [0.29, 0.717) is 41.0 Å². The Labute approximate surface area is 185 Å². The van der Waals surface area contributed by atoms with Gasteiger partial charge in [-0.15, -0.1) is 0 Å². The third kappa shape index (κ3) is 4.67. The first kappa shape index (κ1) is 21.2. The average molecular weight is 453 g/mol. The van der Waals surface area contributed by atoms with Crippen LogP contribution in [0.5, 0.6) is 0 Å². The molecule has 9 heteroatoms. The van der Waals surface area contributed by atoms with Crippen molar-refractivity contribution in [3.05, 3.63) is 28.2 Å². The first-order chi connectivity index (χ1) is 14.4. The second-order valence-corrected chi connectivity index (χ2v) is 9.31. The van der Waals surface area contributed by atoms with Crippen LogP contribution >= 0.6 is 23.2 Å². The molecule has 1 aromatic rings. The zero-order valence-corrected chi connectivity index (χ0v) is 18.1. The number of piperazine rings is 1. The maximum absolute atomic E-state index is 13.0. The van der Waals surface area contributed by atoms with Crippen molar-refractivity contribution < 1.29 is 14.4 Å². The highest BCUT2D eigenvalue weighted by Crippen LogP contribution is 2.31. The molecule has 1 aliphatic carbocycles. The smallest absolute Gasteiger partial charge is 0.319 e. The highest BCUT2D eigenvalue weighted by Gasteiger charge is 2.47. The van der Waals surface area contributed by atoms with Gasteiger partial charge in [0.15, 0.2) is 0 Å². The van der Waals surface area contributed by atoms with Gasteiger partial charge in [0.1, 0.15) is 12.1 Å². The number of nitrogens with zero attached hydrogens (tertiary/aromatic N) is 1. The lowest BCUT2D eigenvalue weighted by molar-refractivity contribution is -0.147. The van der Waals surface area contributed by atoms with Crippen molar-refractivity contribution in [1.82, 2.24) is 15.5 Å². The summed E-state index contributed by atoms with van der Waals surface area (Å²) >= 11 is 12.0. The van der Waals surface area contributed by atoms with Crippen LogP contribution in [0.3, 0.4) is 0 Å². The van der Waals surface area contributed by atoms with Gasteiger partial charge < -0.3 is 20.9 Å². The van der Waals surface area contributed by atoms with Crippen LogP contribution in [0, 0.1) is 5.92 Å². The number of amides is 4. The summed E-state index contributed by atoms with van der Waals surface area (Å²) in [5.74, 6) is 0.340. The Morgan fingerprint density at radius 2 is 1.93 bits per heavy atom. The predicted octanol–water partition coefficient (Wildman–Crippen LogP) is 3.55. The van der Waals surface area contributed by atoms with Crippen LogP contribution in [0.1, 0.15) is 44.9 Å². The van der Waals surface area contributed by atoms with Crippen molar-refractivity contribution in [3.8, 4) is 0 Å². The van der Waals surface area contributed by atoms with Crippen LogP contribution in [0.25, 0.3) is 0 Å². The summed E-state index contributed by atoms with van der Waals surface area (Å²) in [6, 6.07) is 3.09. The van der Waals surface area contributed by atoms with Crippen LogP contribution in [0.15, 0.2) is 18.2 Å². The van der Waals surface area contributed by atoms with Crippen LogP contribution in [0.2, 0.25) is 10.0 Å². The molecule has 0 bridgehead atoms. The topological polar surface area (TPSA) is 90.5 Å². The number of hydrogen-bond acceptors (Lipinski definition) is 3. The number of fused-ring (bicyclic) bond motifs is 1. The summed E-state index contributed by atoms with van der Waals surface area (Å²) in [6.45, 7) is 0.333. The van der Waals surface area contributed by atoms with E-state index >= 15 is 0 Å². The number of hydrogen-bond donors (Lipinski definition) is 3. The Morgan fingerprint density at radius 3 is 2.67 bits per heavy atom. The lowest BCUT2D eigenvalue weighted by Crippen LogP contribution is -2.61. The van der Waals surface area contributed by atoms with E-state index in [0.717, 1.165) is 12.8 Å². The fourth-order valence-electron chi connectivity index (χ4n) is 4.81. The van der Waals surface area contributed by atoms with E-state index in [1.54, 1.807) is 23.1 Å². The molecule has 3 fully saturated rings. The van der Waals surface area contributed by atoms with Gasteiger partial charge in [-0.25, -0.2) is 4.79 Å². The third-order valence-electron chi connectivity index (χ3n) is 6.31. The Morgan fingerprint density at radius 1 is 1.17 bits per heavy atom. The molecule has 1 saturated carbocycles. The van der Waals surface area contributed by atoms with Gasteiger partial charge in [-0.3, -0.25) is 9.59 Å². The second kappa shape index (κ2) is 9.02. The van der Waals surface area contributed by atoms with E-state index in [2.05, 4.69) is 16.0 Å². The highest BCUT2D eigenvalue weighted by molar-refractivity contribution is 6.36. The monoisotopic (exact) mass is 452 g/mol. The molecule has 162 valence electrons. The Balaban J connectivity index is 1.34. The Hall–Kier alpha value is -1.99. The number of nitrogens with one attached hydrogen (secondary N) is 3. The lowest BCUT2D eigenvalue weighted by atomic mass is 9.84. The van der Waals surface area contributed by atoms with E-state index in [1.165, 1.54) is 19.3 Å². The highest BCUT2D eigenvalue weighted by atomic mass is 35.5. The van der Waals surface area contributed by atoms with E-state index < -0.39 is 18.1 Å². The molecule has 7 nitrogen and oxygen atoms in total.